The van der Waals surface area contributed by atoms with Gasteiger partial charge in [0.1, 0.15) is 11.5 Å². The maximum Gasteiger partial charge on any atom is 0.131 e. The van der Waals surface area contributed by atoms with Gasteiger partial charge in [-0.1, -0.05) is 39.7 Å². The summed E-state index contributed by atoms with van der Waals surface area (Å²) in [5, 5.41) is 8.84. The normalized spacial score (nSPS) is 8.25. The minimum Gasteiger partial charge on any atom is -0.351 e. The standard InChI is InChI=1S/C17H13FN4.2C2H6.C2H2/c1-22(17-10-14(12-19)9-15(18)11-17)8-4-2-3-5-16-13-20-6-7-21-16;3*1-2/h4,6-11,13H,2H2,1H3;2*1-2H3;1-2H/b8-4-;;;. The third kappa shape index (κ3) is 11.1. The molecule has 0 atom stereocenters. The summed E-state index contributed by atoms with van der Waals surface area (Å²) in [7, 11) is 1.78. The van der Waals surface area contributed by atoms with Gasteiger partial charge in [0.2, 0.25) is 0 Å². The van der Waals surface area contributed by atoms with E-state index >= 15 is 0 Å². The highest BCUT2D eigenvalue weighted by Crippen LogP contribution is 2.17. The molecule has 4 nitrogen and oxygen atoms in total. The summed E-state index contributed by atoms with van der Waals surface area (Å²) in [6.07, 6.45) is 16.9. The molecule has 0 saturated carbocycles. The van der Waals surface area contributed by atoms with Crippen molar-refractivity contribution >= 4 is 5.69 Å². The summed E-state index contributed by atoms with van der Waals surface area (Å²) < 4.78 is 13.4. The highest BCUT2D eigenvalue weighted by molar-refractivity contribution is 5.53. The number of anilines is 1. The molecule has 0 saturated heterocycles. The fraction of sp³-hybridized carbons (Fsp3) is 0.261. The number of hydrogen-bond donors (Lipinski definition) is 0. The van der Waals surface area contributed by atoms with Gasteiger partial charge in [-0.25, -0.2) is 9.37 Å². The minimum atomic E-state index is -0.434. The fourth-order valence-electron chi connectivity index (χ4n) is 1.70. The average molecular weight is 378 g/mol. The Hall–Kier alpha value is -3.62. The Morgan fingerprint density at radius 1 is 1.14 bits per heavy atom. The molecule has 0 amide bonds. The number of halogens is 1. The van der Waals surface area contributed by atoms with E-state index in [2.05, 4.69) is 34.7 Å². The zero-order chi connectivity index (χ0) is 21.8. The van der Waals surface area contributed by atoms with Crippen LogP contribution in [-0.2, 0) is 0 Å². The predicted molar refractivity (Wildman–Crippen MR) is 115 cm³/mol. The van der Waals surface area contributed by atoms with Crippen molar-refractivity contribution in [2.45, 2.75) is 34.1 Å². The van der Waals surface area contributed by atoms with Gasteiger partial charge in [-0.15, -0.1) is 12.8 Å². The highest BCUT2D eigenvalue weighted by atomic mass is 19.1. The predicted octanol–water partition coefficient (Wildman–Crippen LogP) is 5.18. The van der Waals surface area contributed by atoms with Crippen molar-refractivity contribution in [3.63, 3.8) is 0 Å². The maximum absolute atomic E-state index is 13.4. The van der Waals surface area contributed by atoms with Crippen LogP contribution >= 0.6 is 0 Å². The molecule has 0 N–H and O–H groups in total. The number of nitrogens with zero attached hydrogens (tertiary/aromatic N) is 4. The highest BCUT2D eigenvalue weighted by Gasteiger charge is 2.02. The zero-order valence-electron chi connectivity index (χ0n) is 17.1. The van der Waals surface area contributed by atoms with Crippen molar-refractivity contribution in [3.8, 4) is 30.8 Å². The van der Waals surface area contributed by atoms with Crippen LogP contribution in [0.1, 0.15) is 45.4 Å². The molecule has 0 spiro atoms. The summed E-state index contributed by atoms with van der Waals surface area (Å²) in [6, 6.07) is 6.13. The van der Waals surface area contributed by atoms with Gasteiger partial charge in [-0.05, 0) is 24.1 Å². The SMILES string of the molecule is C#C.CC.CC.CN(/C=C\CC#Cc1cnccn1)c1cc(F)cc(C#N)c1. The zero-order valence-corrected chi connectivity index (χ0v) is 17.1. The number of rotatable bonds is 3. The lowest BCUT2D eigenvalue weighted by Crippen LogP contribution is -2.08. The molecule has 5 heteroatoms. The summed E-state index contributed by atoms with van der Waals surface area (Å²) in [5.74, 6) is 5.41. The molecule has 0 unspecified atom stereocenters. The van der Waals surface area contributed by atoms with Gasteiger partial charge in [-0.2, -0.15) is 5.26 Å². The number of nitriles is 1. The first kappa shape index (κ1) is 26.6. The molecule has 0 bridgehead atoms. The first-order valence-electron chi connectivity index (χ1n) is 8.87. The van der Waals surface area contributed by atoms with Crippen LogP contribution in [0.25, 0.3) is 0 Å². The summed E-state index contributed by atoms with van der Waals surface area (Å²) in [5.41, 5.74) is 1.51. The topological polar surface area (TPSA) is 52.8 Å². The Labute approximate surface area is 168 Å². The van der Waals surface area contributed by atoms with Crippen LogP contribution in [0.5, 0.6) is 0 Å². The molecule has 1 aromatic carbocycles. The maximum atomic E-state index is 13.4. The van der Waals surface area contributed by atoms with Crippen LogP contribution in [0.2, 0.25) is 0 Å². The smallest absolute Gasteiger partial charge is 0.131 e. The van der Waals surface area contributed by atoms with Crippen LogP contribution in [0.4, 0.5) is 10.1 Å². The van der Waals surface area contributed by atoms with Gasteiger partial charge in [0.25, 0.3) is 0 Å². The molecule has 146 valence electrons. The number of allylic oxidation sites excluding steroid dienone is 1. The molecule has 1 aromatic heterocycles. The molecule has 2 aromatic rings. The van der Waals surface area contributed by atoms with E-state index in [4.69, 9.17) is 5.26 Å². The lowest BCUT2D eigenvalue weighted by atomic mass is 10.2. The van der Waals surface area contributed by atoms with Crippen LogP contribution in [-0.4, -0.2) is 17.0 Å². The summed E-state index contributed by atoms with van der Waals surface area (Å²) in [4.78, 5) is 9.70. The van der Waals surface area contributed by atoms with Gasteiger partial charge in [-0.3, -0.25) is 4.98 Å². The molecule has 0 aliphatic carbocycles. The van der Waals surface area contributed by atoms with E-state index in [0.717, 1.165) is 0 Å². The molecule has 0 fully saturated rings. The first-order valence-corrected chi connectivity index (χ1v) is 8.87. The Bertz CT molecular complexity index is 809. The van der Waals surface area contributed by atoms with E-state index in [9.17, 15) is 4.39 Å². The second kappa shape index (κ2) is 18.2. The largest absolute Gasteiger partial charge is 0.351 e. The molecule has 0 aliphatic rings. The molecular formula is C23H27FN4. The van der Waals surface area contributed by atoms with E-state index < -0.39 is 5.82 Å². The number of benzene rings is 1. The van der Waals surface area contributed by atoms with E-state index in [1.807, 2.05) is 39.8 Å². The van der Waals surface area contributed by atoms with Crippen molar-refractivity contribution < 1.29 is 4.39 Å². The molecule has 1 heterocycles. The Balaban J connectivity index is 0. The van der Waals surface area contributed by atoms with Crippen LogP contribution in [0.15, 0.2) is 49.1 Å². The van der Waals surface area contributed by atoms with Gasteiger partial charge in [0.15, 0.2) is 0 Å². The third-order valence-electron chi connectivity index (χ3n) is 2.75. The monoisotopic (exact) mass is 378 g/mol. The Morgan fingerprint density at radius 2 is 1.82 bits per heavy atom. The van der Waals surface area contributed by atoms with E-state index in [1.165, 1.54) is 12.1 Å². The Kier molecular flexibility index (Phi) is 17.3. The quantitative estimate of drug-likeness (QED) is 0.691. The molecule has 0 aliphatic heterocycles. The van der Waals surface area contributed by atoms with Gasteiger partial charge >= 0.3 is 0 Å². The van der Waals surface area contributed by atoms with Crippen molar-refractivity contribution in [1.29, 1.82) is 5.26 Å². The van der Waals surface area contributed by atoms with E-state index in [1.54, 1.807) is 42.8 Å². The molecule has 2 rings (SSSR count). The van der Waals surface area contributed by atoms with Crippen molar-refractivity contribution in [1.82, 2.24) is 9.97 Å². The van der Waals surface area contributed by atoms with Crippen molar-refractivity contribution in [2.24, 2.45) is 0 Å². The van der Waals surface area contributed by atoms with E-state index in [0.29, 0.717) is 17.8 Å². The van der Waals surface area contributed by atoms with Gasteiger partial charge < -0.3 is 4.90 Å². The van der Waals surface area contributed by atoms with Crippen LogP contribution in [0, 0.1) is 41.8 Å². The average Bonchev–Trinajstić information content (AvgIpc) is 2.77. The lowest BCUT2D eigenvalue weighted by molar-refractivity contribution is 0.627. The minimum absolute atomic E-state index is 0.290. The number of terminal acetylenes is 1. The second-order valence-corrected chi connectivity index (χ2v) is 4.40. The Morgan fingerprint density at radius 3 is 2.39 bits per heavy atom. The van der Waals surface area contributed by atoms with Gasteiger partial charge in [0, 0.05) is 37.7 Å². The van der Waals surface area contributed by atoms with Crippen molar-refractivity contribution in [3.05, 3.63) is 66.1 Å². The fourth-order valence-corrected chi connectivity index (χ4v) is 1.70. The third-order valence-corrected chi connectivity index (χ3v) is 2.75. The summed E-state index contributed by atoms with van der Waals surface area (Å²) >= 11 is 0. The second-order valence-electron chi connectivity index (χ2n) is 4.40. The lowest BCUT2D eigenvalue weighted by Gasteiger charge is -2.14. The first-order chi connectivity index (χ1) is 13.7. The number of hydrogen-bond acceptors (Lipinski definition) is 4. The summed E-state index contributed by atoms with van der Waals surface area (Å²) in [6.45, 7) is 8.00. The van der Waals surface area contributed by atoms with E-state index in [-0.39, 0.29) is 5.56 Å². The van der Waals surface area contributed by atoms with Crippen LogP contribution < -0.4 is 4.90 Å². The van der Waals surface area contributed by atoms with Crippen LogP contribution in [0.3, 0.4) is 0 Å². The molecular weight excluding hydrogens is 351 g/mol. The molecule has 0 radical (unpaired) electrons. The van der Waals surface area contributed by atoms with Crippen molar-refractivity contribution in [2.75, 3.05) is 11.9 Å². The molecule has 28 heavy (non-hydrogen) atoms. The number of aromatic nitrogens is 2. The van der Waals surface area contributed by atoms with Gasteiger partial charge in [0.05, 0.1) is 17.8 Å².